The van der Waals surface area contributed by atoms with Gasteiger partial charge < -0.3 is 15.5 Å². The van der Waals surface area contributed by atoms with Crippen LogP contribution in [-0.4, -0.2) is 35.7 Å². The number of hydrogen-bond acceptors (Lipinski definition) is 3. The summed E-state index contributed by atoms with van der Waals surface area (Å²) >= 11 is 0. The van der Waals surface area contributed by atoms with E-state index >= 15 is 0 Å². The number of anilines is 2. The van der Waals surface area contributed by atoms with E-state index in [1.807, 2.05) is 30.3 Å². The molecule has 1 saturated heterocycles. The third-order valence-electron chi connectivity index (χ3n) is 6.16. The molecule has 0 atom stereocenters. The van der Waals surface area contributed by atoms with Gasteiger partial charge in [0, 0.05) is 32.1 Å². The second-order valence-corrected chi connectivity index (χ2v) is 7.95. The monoisotopic (exact) mass is 409 g/mol. The zero-order valence-corrected chi connectivity index (χ0v) is 16.8. The van der Waals surface area contributed by atoms with Gasteiger partial charge in [-0.25, -0.2) is 4.39 Å². The molecule has 0 radical (unpaired) electrons. The molecule has 1 fully saturated rings. The van der Waals surface area contributed by atoms with Crippen LogP contribution in [0.25, 0.3) is 0 Å². The Kier molecular flexibility index (Phi) is 5.28. The maximum Gasteiger partial charge on any atom is 0.235 e. The van der Waals surface area contributed by atoms with Gasteiger partial charge in [-0.2, -0.15) is 0 Å². The molecule has 156 valence electrons. The zero-order chi connectivity index (χ0) is 21.3. The second-order valence-electron chi connectivity index (χ2n) is 7.95. The molecular formula is C23H24FN3O3. The quantitative estimate of drug-likeness (QED) is 0.817. The second kappa shape index (κ2) is 7.89. The van der Waals surface area contributed by atoms with Crippen LogP contribution in [0.1, 0.15) is 37.3 Å². The van der Waals surface area contributed by atoms with Gasteiger partial charge in [0.15, 0.2) is 0 Å². The molecule has 30 heavy (non-hydrogen) atoms. The molecule has 4 rings (SSSR count). The highest BCUT2D eigenvalue weighted by atomic mass is 19.1. The molecule has 6 nitrogen and oxygen atoms in total. The van der Waals surface area contributed by atoms with Crippen molar-refractivity contribution in [1.82, 2.24) is 4.90 Å². The third kappa shape index (κ3) is 3.67. The van der Waals surface area contributed by atoms with Crippen molar-refractivity contribution in [3.05, 3.63) is 59.4 Å². The Morgan fingerprint density at radius 3 is 2.47 bits per heavy atom. The molecule has 0 bridgehead atoms. The molecule has 2 heterocycles. The lowest BCUT2D eigenvalue weighted by Gasteiger charge is -2.40. The maximum atomic E-state index is 14.7. The van der Waals surface area contributed by atoms with Gasteiger partial charge in [-0.1, -0.05) is 30.3 Å². The van der Waals surface area contributed by atoms with Crippen LogP contribution < -0.4 is 10.6 Å². The van der Waals surface area contributed by atoms with Gasteiger partial charge in [0.25, 0.3) is 0 Å². The van der Waals surface area contributed by atoms with E-state index in [2.05, 4.69) is 10.6 Å². The number of amides is 3. The SMILES string of the molecule is CC(=O)N1CCC(C(=O)Nc2cc3c(cc2F)CCC(=O)N3)(c2ccccc2)CC1. The van der Waals surface area contributed by atoms with Gasteiger partial charge in [-0.3, -0.25) is 14.4 Å². The fourth-order valence-corrected chi connectivity index (χ4v) is 4.34. The molecular weight excluding hydrogens is 385 g/mol. The first-order chi connectivity index (χ1) is 14.4. The Hall–Kier alpha value is -3.22. The molecule has 2 N–H and O–H groups in total. The molecule has 0 aliphatic carbocycles. The van der Waals surface area contributed by atoms with E-state index in [9.17, 15) is 18.8 Å². The normalized spacial score (nSPS) is 17.7. The van der Waals surface area contributed by atoms with Gasteiger partial charge in [-0.05, 0) is 42.5 Å². The van der Waals surface area contributed by atoms with Gasteiger partial charge in [-0.15, -0.1) is 0 Å². The topological polar surface area (TPSA) is 78.5 Å². The Labute approximate surface area is 174 Å². The molecule has 0 aromatic heterocycles. The summed E-state index contributed by atoms with van der Waals surface area (Å²) in [5.74, 6) is -0.974. The van der Waals surface area contributed by atoms with E-state index in [4.69, 9.17) is 0 Å². The van der Waals surface area contributed by atoms with E-state index < -0.39 is 11.2 Å². The number of carbonyl (C=O) groups is 3. The molecule has 7 heteroatoms. The minimum absolute atomic E-state index is 0.0199. The number of fused-ring (bicyclic) bond motifs is 1. The summed E-state index contributed by atoms with van der Waals surface area (Å²) in [6.45, 7) is 2.44. The van der Waals surface area contributed by atoms with E-state index in [0.717, 1.165) is 11.1 Å². The van der Waals surface area contributed by atoms with Crippen molar-refractivity contribution in [2.75, 3.05) is 23.7 Å². The average Bonchev–Trinajstić information content (AvgIpc) is 2.75. The number of piperidine rings is 1. The molecule has 2 aromatic carbocycles. The van der Waals surface area contributed by atoms with Crippen molar-refractivity contribution < 1.29 is 18.8 Å². The van der Waals surface area contributed by atoms with Crippen LogP contribution in [0.5, 0.6) is 0 Å². The number of nitrogens with zero attached hydrogens (tertiary/aromatic N) is 1. The Balaban J connectivity index is 1.64. The summed E-state index contributed by atoms with van der Waals surface area (Å²) in [4.78, 5) is 38.7. The van der Waals surface area contributed by atoms with Gasteiger partial charge in [0.05, 0.1) is 11.1 Å². The minimum Gasteiger partial charge on any atom is -0.343 e. The number of halogens is 1. The van der Waals surface area contributed by atoms with Crippen LogP contribution in [0.4, 0.5) is 15.8 Å². The van der Waals surface area contributed by atoms with E-state index in [0.29, 0.717) is 44.5 Å². The van der Waals surface area contributed by atoms with Crippen LogP contribution in [-0.2, 0) is 26.2 Å². The number of nitrogens with one attached hydrogen (secondary N) is 2. The predicted molar refractivity (Wildman–Crippen MR) is 112 cm³/mol. The lowest BCUT2D eigenvalue weighted by atomic mass is 9.72. The molecule has 2 aromatic rings. The highest BCUT2D eigenvalue weighted by Crippen LogP contribution is 2.38. The molecule has 0 saturated carbocycles. The van der Waals surface area contributed by atoms with Crippen molar-refractivity contribution in [1.29, 1.82) is 0 Å². The van der Waals surface area contributed by atoms with Crippen molar-refractivity contribution >= 4 is 29.1 Å². The van der Waals surface area contributed by atoms with E-state index in [1.165, 1.54) is 19.1 Å². The van der Waals surface area contributed by atoms with Crippen molar-refractivity contribution in [3.8, 4) is 0 Å². The highest BCUT2D eigenvalue weighted by Gasteiger charge is 2.43. The minimum atomic E-state index is -0.862. The maximum absolute atomic E-state index is 14.7. The summed E-state index contributed by atoms with van der Waals surface area (Å²) in [6, 6.07) is 12.3. The Bertz CT molecular complexity index is 998. The standard InChI is InChI=1S/C23H24FN3O3/c1-15(28)27-11-9-23(10-12-27,17-5-3-2-4-6-17)22(30)26-20-14-19-16(13-18(20)24)7-8-21(29)25-19/h2-6,13-14H,7-12H2,1H3,(H,25,29)(H,26,30). The van der Waals surface area contributed by atoms with Crippen LogP contribution in [0.3, 0.4) is 0 Å². The summed E-state index contributed by atoms with van der Waals surface area (Å²) in [5, 5.41) is 5.50. The summed E-state index contributed by atoms with van der Waals surface area (Å²) in [5.41, 5.74) is 1.28. The van der Waals surface area contributed by atoms with E-state index in [-0.39, 0.29) is 23.4 Å². The molecule has 0 spiro atoms. The van der Waals surface area contributed by atoms with Crippen molar-refractivity contribution in [2.24, 2.45) is 0 Å². The van der Waals surface area contributed by atoms with Crippen molar-refractivity contribution in [3.63, 3.8) is 0 Å². The summed E-state index contributed by atoms with van der Waals surface area (Å²) in [7, 11) is 0. The van der Waals surface area contributed by atoms with Crippen LogP contribution >= 0.6 is 0 Å². The lowest BCUT2D eigenvalue weighted by molar-refractivity contribution is -0.133. The average molecular weight is 409 g/mol. The van der Waals surface area contributed by atoms with Crippen LogP contribution in [0, 0.1) is 5.82 Å². The number of rotatable bonds is 3. The highest BCUT2D eigenvalue weighted by molar-refractivity contribution is 6.01. The number of benzene rings is 2. The zero-order valence-electron chi connectivity index (χ0n) is 16.8. The molecule has 2 aliphatic heterocycles. The molecule has 0 unspecified atom stereocenters. The van der Waals surface area contributed by atoms with Gasteiger partial charge in [0.2, 0.25) is 17.7 Å². The first-order valence-electron chi connectivity index (χ1n) is 10.1. The van der Waals surface area contributed by atoms with Gasteiger partial charge in [0.1, 0.15) is 5.82 Å². The first-order valence-corrected chi connectivity index (χ1v) is 10.1. The smallest absolute Gasteiger partial charge is 0.235 e. The Morgan fingerprint density at radius 2 is 1.80 bits per heavy atom. The summed E-state index contributed by atoms with van der Waals surface area (Å²) in [6.07, 6.45) is 1.69. The van der Waals surface area contributed by atoms with Gasteiger partial charge >= 0.3 is 0 Å². The largest absolute Gasteiger partial charge is 0.343 e. The number of hydrogen-bond donors (Lipinski definition) is 2. The van der Waals surface area contributed by atoms with Crippen LogP contribution in [0.2, 0.25) is 0 Å². The number of aryl methyl sites for hydroxylation is 1. The molecule has 3 amide bonds. The number of carbonyl (C=O) groups excluding carboxylic acids is 3. The first kappa shape index (κ1) is 20.1. The van der Waals surface area contributed by atoms with Crippen molar-refractivity contribution in [2.45, 2.75) is 38.0 Å². The lowest BCUT2D eigenvalue weighted by Crippen LogP contribution is -2.50. The fourth-order valence-electron chi connectivity index (χ4n) is 4.34. The summed E-state index contributed by atoms with van der Waals surface area (Å²) < 4.78 is 14.7. The van der Waals surface area contributed by atoms with Crippen LogP contribution in [0.15, 0.2) is 42.5 Å². The van der Waals surface area contributed by atoms with E-state index in [1.54, 1.807) is 4.90 Å². The predicted octanol–water partition coefficient (Wildman–Crippen LogP) is 3.23. The Morgan fingerprint density at radius 1 is 1.10 bits per heavy atom. The molecule has 2 aliphatic rings. The fraction of sp³-hybridized carbons (Fsp3) is 0.348. The number of likely N-dealkylation sites (tertiary alicyclic amines) is 1. The third-order valence-corrected chi connectivity index (χ3v) is 6.16.